The molecule has 0 fully saturated rings. The van der Waals surface area contributed by atoms with Crippen LogP contribution in [-0.4, -0.2) is 12.7 Å². The summed E-state index contributed by atoms with van der Waals surface area (Å²) in [5.74, 6) is 1.95. The van der Waals surface area contributed by atoms with Crippen molar-refractivity contribution < 1.29 is 14.3 Å². The van der Waals surface area contributed by atoms with Crippen LogP contribution in [0.2, 0.25) is 0 Å². The summed E-state index contributed by atoms with van der Waals surface area (Å²) in [4.78, 5) is 13.3. The molecule has 2 heterocycles. The van der Waals surface area contributed by atoms with Gasteiger partial charge in [0, 0.05) is 0 Å². The molecule has 0 radical (unpaired) electrons. The Hall–Kier alpha value is -2.84. The molecule has 0 N–H and O–H groups in total. The molecule has 0 atom stereocenters. The number of rotatable bonds is 3. The van der Waals surface area contributed by atoms with Crippen LogP contribution in [0.1, 0.15) is 13.8 Å². The summed E-state index contributed by atoms with van der Waals surface area (Å²) in [5, 5.41) is 3.41. The first-order chi connectivity index (χ1) is 13.6. The Labute approximate surface area is 165 Å². The number of carbonyl (C=O) groups excluding carboxylic acids is 1. The predicted octanol–water partition coefficient (Wildman–Crippen LogP) is 4.35. The van der Waals surface area contributed by atoms with E-state index in [0.717, 1.165) is 33.1 Å². The van der Waals surface area contributed by atoms with Gasteiger partial charge in [-0.1, -0.05) is 0 Å². The Morgan fingerprint density at radius 1 is 0.964 bits per heavy atom. The Balaban J connectivity index is 1.77. The number of ether oxygens (including phenoxy) is 2. The average Bonchev–Trinajstić information content (AvgIpc) is 2.70. The van der Waals surface area contributed by atoms with Crippen molar-refractivity contribution >= 4 is 35.1 Å². The Morgan fingerprint density at radius 3 is 2.46 bits per heavy atom. The molecular weight excluding hydrogens is 369 g/mol. The third kappa shape index (κ3) is 2.25. The van der Waals surface area contributed by atoms with Crippen LogP contribution in [0.5, 0.6) is 11.5 Å². The maximum absolute atomic E-state index is 13.3. The van der Waals surface area contributed by atoms with Crippen LogP contribution >= 0.6 is 7.41 Å². The molecule has 3 aromatic carbocycles. The van der Waals surface area contributed by atoms with Crippen LogP contribution < -0.4 is 25.3 Å². The number of carbonyl (C=O) groups is 1. The molecule has 142 valence electrons. The first-order valence-corrected chi connectivity index (χ1v) is 11.5. The maximum atomic E-state index is 13.3. The summed E-state index contributed by atoms with van der Waals surface area (Å²) >= 11 is 0. The molecule has 0 aromatic heterocycles. The van der Waals surface area contributed by atoms with Gasteiger partial charge in [0.1, 0.15) is 0 Å². The number of anilines is 1. The van der Waals surface area contributed by atoms with Crippen LogP contribution in [0.4, 0.5) is 10.5 Å². The first kappa shape index (κ1) is 17.3. The number of hydrogen-bond acceptors (Lipinski definition) is 3. The summed E-state index contributed by atoms with van der Waals surface area (Å²) in [6, 6.07) is 24.3. The molecule has 0 saturated heterocycles. The van der Waals surface area contributed by atoms with Gasteiger partial charge in [-0.05, 0) is 0 Å². The van der Waals surface area contributed by atoms with E-state index in [4.69, 9.17) is 9.47 Å². The van der Waals surface area contributed by atoms with Crippen LogP contribution in [0.15, 0.2) is 72.8 Å². The van der Waals surface area contributed by atoms with Gasteiger partial charge in [0.25, 0.3) is 0 Å². The molecule has 0 bridgehead atoms. The number of hydrogen-bond donors (Lipinski definition) is 0. The summed E-state index contributed by atoms with van der Waals surface area (Å²) in [6.45, 7) is 4.49. The Bertz CT molecular complexity index is 1070. The quantitative estimate of drug-likeness (QED) is 0.624. The van der Waals surface area contributed by atoms with E-state index < -0.39 is 7.41 Å². The van der Waals surface area contributed by atoms with Crippen molar-refractivity contribution in [3.63, 3.8) is 0 Å². The number of fused-ring (bicyclic) bond motifs is 2. The van der Waals surface area contributed by atoms with E-state index in [0.29, 0.717) is 6.61 Å². The van der Waals surface area contributed by atoms with Crippen molar-refractivity contribution in [3.8, 4) is 11.5 Å². The van der Waals surface area contributed by atoms with Crippen molar-refractivity contribution in [2.75, 3.05) is 11.3 Å². The van der Waals surface area contributed by atoms with Gasteiger partial charge >= 0.3 is 165 Å². The first-order valence-electron chi connectivity index (χ1n) is 9.57. The molecule has 28 heavy (non-hydrogen) atoms. The summed E-state index contributed by atoms with van der Waals surface area (Å²) < 4.78 is 13.8. The fourth-order valence-corrected chi connectivity index (χ4v) is 9.14. The summed E-state index contributed by atoms with van der Waals surface area (Å²) in [6.07, 6.45) is -0.273. The standard InChI is InChI=1S/C23H22NO3P/c1-16(2)15-26-23(25)24-18-11-8-13-20-22(18)28(24,17-9-4-3-5-10-17)21-14-7-6-12-19(21)27-20/h3-14,16,28H,15H2,1-2H3. The van der Waals surface area contributed by atoms with E-state index >= 15 is 0 Å². The van der Waals surface area contributed by atoms with Gasteiger partial charge in [0.2, 0.25) is 0 Å². The van der Waals surface area contributed by atoms with Crippen LogP contribution in [0.25, 0.3) is 0 Å². The SMILES string of the molecule is CC(C)COC(=O)N1c2cccc3c2[PH]1(c1ccccc1)c1ccccc1O3. The van der Waals surface area contributed by atoms with Crippen molar-refractivity contribution in [2.45, 2.75) is 13.8 Å². The third-order valence-electron chi connectivity index (χ3n) is 5.35. The van der Waals surface area contributed by atoms with Crippen LogP contribution in [0, 0.1) is 5.92 Å². The molecule has 0 aliphatic carbocycles. The van der Waals surface area contributed by atoms with Gasteiger partial charge in [-0.3, -0.25) is 0 Å². The van der Waals surface area contributed by atoms with E-state index in [1.807, 2.05) is 73.1 Å². The molecular formula is C23H22NO3P. The molecule has 2 aliphatic rings. The zero-order valence-corrected chi connectivity index (χ0v) is 16.9. The fraction of sp³-hybridized carbons (Fsp3) is 0.174. The number of benzene rings is 3. The molecule has 5 rings (SSSR count). The number of nitrogens with zero attached hydrogens (tertiary/aromatic N) is 1. The third-order valence-corrected chi connectivity index (χ3v) is 10.0. The van der Waals surface area contributed by atoms with Crippen molar-refractivity contribution in [3.05, 3.63) is 72.8 Å². The molecule has 0 unspecified atom stereocenters. The van der Waals surface area contributed by atoms with Crippen molar-refractivity contribution in [2.24, 2.45) is 5.92 Å². The second-order valence-corrected chi connectivity index (χ2v) is 11.1. The second kappa shape index (κ2) is 6.35. The van der Waals surface area contributed by atoms with E-state index in [2.05, 4.69) is 18.2 Å². The molecule has 0 saturated carbocycles. The molecule has 0 spiro atoms. The van der Waals surface area contributed by atoms with Gasteiger partial charge in [0.15, 0.2) is 0 Å². The minimum absolute atomic E-state index is 0.273. The fourth-order valence-electron chi connectivity index (χ4n) is 4.27. The normalized spacial score (nSPS) is 16.3. The molecule has 1 amide bonds. The van der Waals surface area contributed by atoms with Crippen molar-refractivity contribution in [1.82, 2.24) is 0 Å². The van der Waals surface area contributed by atoms with E-state index in [1.165, 1.54) is 0 Å². The molecule has 3 aromatic rings. The second-order valence-electron chi connectivity index (χ2n) is 7.63. The average molecular weight is 391 g/mol. The van der Waals surface area contributed by atoms with Gasteiger partial charge in [-0.15, -0.1) is 0 Å². The summed E-state index contributed by atoms with van der Waals surface area (Å²) in [7, 11) is -2.72. The zero-order chi connectivity index (χ0) is 19.3. The molecule has 5 heteroatoms. The zero-order valence-electron chi connectivity index (χ0n) is 15.9. The van der Waals surface area contributed by atoms with Crippen LogP contribution in [-0.2, 0) is 4.74 Å². The van der Waals surface area contributed by atoms with Gasteiger partial charge in [-0.2, -0.15) is 0 Å². The number of para-hydroxylation sites is 1. The van der Waals surface area contributed by atoms with Gasteiger partial charge in [-0.25, -0.2) is 0 Å². The van der Waals surface area contributed by atoms with E-state index in [1.54, 1.807) is 0 Å². The van der Waals surface area contributed by atoms with Crippen molar-refractivity contribution in [1.29, 1.82) is 0 Å². The van der Waals surface area contributed by atoms with Crippen LogP contribution in [0.3, 0.4) is 0 Å². The van der Waals surface area contributed by atoms with E-state index in [9.17, 15) is 4.79 Å². The van der Waals surface area contributed by atoms with Gasteiger partial charge < -0.3 is 0 Å². The summed E-state index contributed by atoms with van der Waals surface area (Å²) in [5.41, 5.74) is 0.899. The topological polar surface area (TPSA) is 38.8 Å². The Kier molecular flexibility index (Phi) is 3.92. The Morgan fingerprint density at radius 2 is 1.68 bits per heavy atom. The minimum atomic E-state index is -2.72. The molecule has 4 nitrogen and oxygen atoms in total. The molecule has 2 aliphatic heterocycles. The monoisotopic (exact) mass is 391 g/mol. The predicted molar refractivity (Wildman–Crippen MR) is 115 cm³/mol. The van der Waals surface area contributed by atoms with Gasteiger partial charge in [0.05, 0.1) is 0 Å². The van der Waals surface area contributed by atoms with E-state index in [-0.39, 0.29) is 12.0 Å². The number of amides is 1.